The molecular weight excluding hydrogens is 290 g/mol. The minimum absolute atomic E-state index is 0.108. The lowest BCUT2D eigenvalue weighted by atomic mass is 10.1. The summed E-state index contributed by atoms with van der Waals surface area (Å²) in [6.45, 7) is 2.17. The van der Waals surface area contributed by atoms with Crippen LogP contribution in [0.5, 0.6) is 11.5 Å². The van der Waals surface area contributed by atoms with Gasteiger partial charge in [-0.25, -0.2) is 4.79 Å². The Morgan fingerprint density at radius 2 is 2.14 bits per heavy atom. The highest BCUT2D eigenvalue weighted by atomic mass is 16.7. The van der Waals surface area contributed by atoms with Crippen molar-refractivity contribution in [2.75, 3.05) is 19.9 Å². The van der Waals surface area contributed by atoms with Gasteiger partial charge in [0.1, 0.15) is 6.04 Å². The first-order valence-corrected chi connectivity index (χ1v) is 7.15. The average molecular weight is 307 g/mol. The topological polar surface area (TPSA) is 85.3 Å². The molecule has 2 aliphatic heterocycles. The molecule has 0 aromatic heterocycles. The molecule has 0 bridgehead atoms. The number of hydrogen-bond donors (Lipinski definition) is 1. The minimum atomic E-state index is -0.757. The van der Waals surface area contributed by atoms with Crippen LogP contribution in [-0.4, -0.2) is 54.0 Å². The maximum Gasteiger partial charge on any atom is 0.328 e. The number of amides is 1. The van der Waals surface area contributed by atoms with Crippen molar-refractivity contribution in [3.63, 3.8) is 0 Å². The summed E-state index contributed by atoms with van der Waals surface area (Å²) >= 11 is 0. The van der Waals surface area contributed by atoms with Gasteiger partial charge in [-0.3, -0.25) is 4.79 Å². The van der Waals surface area contributed by atoms with Gasteiger partial charge in [0.25, 0.3) is 5.91 Å². The number of aliphatic hydroxyl groups is 1. The van der Waals surface area contributed by atoms with Crippen LogP contribution >= 0.6 is 0 Å². The number of nitrogens with zero attached hydrogens (tertiary/aromatic N) is 1. The summed E-state index contributed by atoms with van der Waals surface area (Å²) in [6.07, 6.45) is -0.540. The number of fused-ring (bicyclic) bond motifs is 1. The number of ether oxygens (including phenoxy) is 3. The zero-order valence-electron chi connectivity index (χ0n) is 12.2. The Morgan fingerprint density at radius 3 is 2.91 bits per heavy atom. The number of benzene rings is 1. The van der Waals surface area contributed by atoms with Crippen molar-refractivity contribution in [1.82, 2.24) is 4.90 Å². The minimum Gasteiger partial charge on any atom is -0.464 e. The van der Waals surface area contributed by atoms with Gasteiger partial charge in [0, 0.05) is 18.5 Å². The van der Waals surface area contributed by atoms with Gasteiger partial charge >= 0.3 is 5.97 Å². The van der Waals surface area contributed by atoms with E-state index in [1.165, 1.54) is 4.90 Å². The van der Waals surface area contributed by atoms with Crippen molar-refractivity contribution >= 4 is 11.9 Å². The lowest BCUT2D eigenvalue weighted by Gasteiger charge is -2.22. The van der Waals surface area contributed by atoms with Crippen LogP contribution in [-0.2, 0) is 9.53 Å². The second kappa shape index (κ2) is 5.84. The van der Waals surface area contributed by atoms with E-state index in [9.17, 15) is 14.7 Å². The summed E-state index contributed by atoms with van der Waals surface area (Å²) in [6, 6.07) is 4.09. The molecule has 0 saturated carbocycles. The number of hydrogen-bond acceptors (Lipinski definition) is 6. The molecule has 1 N–H and O–H groups in total. The van der Waals surface area contributed by atoms with E-state index < -0.39 is 18.1 Å². The first-order valence-electron chi connectivity index (χ1n) is 7.15. The van der Waals surface area contributed by atoms with Crippen LogP contribution in [0.4, 0.5) is 0 Å². The molecule has 1 fully saturated rings. The second-order valence-corrected chi connectivity index (χ2v) is 5.18. The fourth-order valence-corrected chi connectivity index (χ4v) is 2.70. The normalized spacial score (nSPS) is 22.7. The van der Waals surface area contributed by atoms with Crippen molar-refractivity contribution in [2.45, 2.75) is 25.5 Å². The largest absolute Gasteiger partial charge is 0.464 e. The van der Waals surface area contributed by atoms with Gasteiger partial charge in [-0.2, -0.15) is 0 Å². The molecule has 0 aliphatic carbocycles. The average Bonchev–Trinajstić information content (AvgIpc) is 3.12. The van der Waals surface area contributed by atoms with E-state index in [0.29, 0.717) is 17.1 Å². The molecule has 1 saturated heterocycles. The quantitative estimate of drug-likeness (QED) is 0.821. The Bertz CT molecular complexity index is 602. The summed E-state index contributed by atoms with van der Waals surface area (Å²) < 4.78 is 15.4. The monoisotopic (exact) mass is 307 g/mol. The molecule has 3 rings (SSSR count). The molecular formula is C15H17NO6. The molecule has 22 heavy (non-hydrogen) atoms. The van der Waals surface area contributed by atoms with Crippen LogP contribution in [0.25, 0.3) is 0 Å². The van der Waals surface area contributed by atoms with Gasteiger partial charge in [-0.05, 0) is 25.1 Å². The van der Waals surface area contributed by atoms with Crippen LogP contribution in [0.15, 0.2) is 18.2 Å². The Balaban J connectivity index is 1.82. The number of aliphatic hydroxyl groups excluding tert-OH is 1. The van der Waals surface area contributed by atoms with E-state index in [2.05, 4.69) is 0 Å². The molecule has 7 nitrogen and oxygen atoms in total. The maximum atomic E-state index is 12.6. The summed E-state index contributed by atoms with van der Waals surface area (Å²) in [5, 5.41) is 9.79. The zero-order valence-corrected chi connectivity index (χ0v) is 12.2. The molecule has 118 valence electrons. The predicted octanol–water partition coefficient (Wildman–Crippen LogP) is 0.554. The Labute approximate surface area is 127 Å². The van der Waals surface area contributed by atoms with Crippen LogP contribution in [0, 0.1) is 0 Å². The molecule has 7 heteroatoms. The number of carbonyl (C=O) groups excluding carboxylic acids is 2. The fraction of sp³-hybridized carbons (Fsp3) is 0.467. The third kappa shape index (κ3) is 2.59. The summed E-state index contributed by atoms with van der Waals surface area (Å²) in [4.78, 5) is 25.9. The highest BCUT2D eigenvalue weighted by Crippen LogP contribution is 2.33. The maximum absolute atomic E-state index is 12.6. The van der Waals surface area contributed by atoms with Gasteiger partial charge < -0.3 is 24.2 Å². The summed E-state index contributed by atoms with van der Waals surface area (Å²) in [7, 11) is 0. The summed E-state index contributed by atoms with van der Waals surface area (Å²) in [5.41, 5.74) is 0.382. The molecule has 0 radical (unpaired) electrons. The third-order valence-corrected chi connectivity index (χ3v) is 3.72. The van der Waals surface area contributed by atoms with Gasteiger partial charge in [-0.1, -0.05) is 0 Å². The number of β-amino-alcohol motifs (C(OH)–C–C–N with tert-alkyl or cyclic N) is 1. The molecule has 1 aromatic rings. The van der Waals surface area contributed by atoms with Crippen LogP contribution in [0.1, 0.15) is 23.7 Å². The van der Waals surface area contributed by atoms with Crippen LogP contribution in [0.3, 0.4) is 0 Å². The number of likely N-dealkylation sites (tertiary alicyclic amines) is 1. The Hall–Kier alpha value is -2.28. The van der Waals surface area contributed by atoms with Crippen LogP contribution in [0.2, 0.25) is 0 Å². The van der Waals surface area contributed by atoms with E-state index in [4.69, 9.17) is 14.2 Å². The lowest BCUT2D eigenvalue weighted by molar-refractivity contribution is -0.147. The standard InChI is InChI=1S/C15H17NO6/c1-2-20-15(19)11-6-10(17)7-16(11)14(18)9-3-4-12-13(5-9)22-8-21-12/h3-5,10-11,17H,2,6-8H2,1H3. The fourth-order valence-electron chi connectivity index (χ4n) is 2.70. The molecule has 2 unspecified atom stereocenters. The van der Waals surface area contributed by atoms with Gasteiger partial charge in [0.15, 0.2) is 11.5 Å². The second-order valence-electron chi connectivity index (χ2n) is 5.18. The highest BCUT2D eigenvalue weighted by Gasteiger charge is 2.40. The first-order chi connectivity index (χ1) is 10.6. The predicted molar refractivity (Wildman–Crippen MR) is 74.6 cm³/mol. The smallest absolute Gasteiger partial charge is 0.328 e. The first kappa shape index (κ1) is 14.6. The zero-order chi connectivity index (χ0) is 15.7. The number of rotatable bonds is 3. The van der Waals surface area contributed by atoms with E-state index >= 15 is 0 Å². The number of esters is 1. The highest BCUT2D eigenvalue weighted by molar-refractivity contribution is 5.97. The van der Waals surface area contributed by atoms with E-state index in [1.807, 2.05) is 0 Å². The lowest BCUT2D eigenvalue weighted by Crippen LogP contribution is -2.41. The Kier molecular flexibility index (Phi) is 3.89. The molecule has 2 atom stereocenters. The molecule has 1 amide bonds. The van der Waals surface area contributed by atoms with Gasteiger partial charge in [0.2, 0.25) is 6.79 Å². The van der Waals surface area contributed by atoms with Crippen molar-refractivity contribution in [3.8, 4) is 11.5 Å². The third-order valence-electron chi connectivity index (χ3n) is 3.72. The van der Waals surface area contributed by atoms with E-state index in [1.54, 1.807) is 25.1 Å². The van der Waals surface area contributed by atoms with Crippen molar-refractivity contribution in [2.24, 2.45) is 0 Å². The molecule has 1 aromatic carbocycles. The van der Waals surface area contributed by atoms with Crippen LogP contribution < -0.4 is 9.47 Å². The van der Waals surface area contributed by atoms with Gasteiger partial charge in [0.05, 0.1) is 12.7 Å². The van der Waals surface area contributed by atoms with Crippen molar-refractivity contribution in [1.29, 1.82) is 0 Å². The molecule has 2 heterocycles. The van der Waals surface area contributed by atoms with Gasteiger partial charge in [-0.15, -0.1) is 0 Å². The summed E-state index contributed by atoms with van der Waals surface area (Å²) in [5.74, 6) is 0.249. The van der Waals surface area contributed by atoms with Crippen molar-refractivity contribution in [3.05, 3.63) is 23.8 Å². The number of carbonyl (C=O) groups is 2. The van der Waals surface area contributed by atoms with E-state index in [0.717, 1.165) is 0 Å². The van der Waals surface area contributed by atoms with E-state index in [-0.39, 0.29) is 32.3 Å². The SMILES string of the molecule is CCOC(=O)C1CC(O)CN1C(=O)c1ccc2c(c1)OCO2. The molecule has 2 aliphatic rings. The molecule has 0 spiro atoms. The Morgan fingerprint density at radius 1 is 1.36 bits per heavy atom. The van der Waals surface area contributed by atoms with Crippen molar-refractivity contribution < 1.29 is 28.9 Å².